The third-order valence-corrected chi connectivity index (χ3v) is 5.63. The van der Waals surface area contributed by atoms with Crippen LogP contribution in [0.15, 0.2) is 23.8 Å². The molecule has 3 aliphatic rings. The quantitative estimate of drug-likeness (QED) is 0.347. The van der Waals surface area contributed by atoms with E-state index in [1.165, 1.54) is 0 Å². The van der Waals surface area contributed by atoms with E-state index < -0.39 is 5.97 Å². The van der Waals surface area contributed by atoms with Gasteiger partial charge in [-0.25, -0.2) is 4.79 Å². The minimum absolute atomic E-state index is 0.0640. The largest absolute Gasteiger partial charge is 0.481 e. The van der Waals surface area contributed by atoms with Crippen LogP contribution in [0.1, 0.15) is 25.7 Å². The zero-order valence-corrected chi connectivity index (χ0v) is 13.8. The number of rotatable bonds is 5. The molecule has 0 spiro atoms. The topological polar surface area (TPSA) is 90.5 Å². The molecule has 4 N–H and O–H groups in total. The van der Waals surface area contributed by atoms with Crippen LogP contribution in [0.3, 0.4) is 0 Å². The number of carbonyl (C=O) groups is 2. The predicted molar refractivity (Wildman–Crippen MR) is 90.6 cm³/mol. The lowest BCUT2D eigenvalue weighted by Crippen LogP contribution is -2.36. The van der Waals surface area contributed by atoms with Crippen LogP contribution in [0.5, 0.6) is 0 Å². The Bertz CT molecular complexity index is 445. The second-order valence-electron chi connectivity index (χ2n) is 5.18. The molecule has 122 valence electrons. The minimum atomic E-state index is -0.729. The summed E-state index contributed by atoms with van der Waals surface area (Å²) in [5.41, 5.74) is 0. The number of carbonyl (C=O) groups excluding carboxylic acids is 1. The average Bonchev–Trinajstić information content (AvgIpc) is 3.05. The van der Waals surface area contributed by atoms with Gasteiger partial charge in [-0.3, -0.25) is 4.79 Å². The molecule has 3 aliphatic heterocycles. The lowest BCUT2D eigenvalue weighted by atomic mass is 10.0. The van der Waals surface area contributed by atoms with E-state index in [-0.39, 0.29) is 24.5 Å². The van der Waals surface area contributed by atoms with Gasteiger partial charge in [0.2, 0.25) is 0 Å². The number of unbranched alkanes of at least 4 members (excludes halogenated alkanes) is 1. The van der Waals surface area contributed by atoms with Crippen molar-refractivity contribution in [1.29, 1.82) is 0 Å². The third-order valence-electron chi connectivity index (χ3n) is 3.56. The second kappa shape index (κ2) is 8.99. The molecule has 3 atom stereocenters. The number of hydrogen-bond acceptors (Lipinski definition) is 5. The molecule has 22 heavy (non-hydrogen) atoms. The zero-order chi connectivity index (χ0) is 15.8. The Morgan fingerprint density at radius 2 is 2.18 bits per heavy atom. The van der Waals surface area contributed by atoms with E-state index in [1.807, 2.05) is 35.5 Å². The third kappa shape index (κ3) is 5.49. The standard InChI is InChI=1S/C10H16N2O3S.C4H5NS/c13-8(14)4-2-1-3-7-9-6(5-16-7)11-10(15)12-9;1-2-4-6-5-3-1/h6-7,9H,1-5H2,(H,13,14)(H2,11,12,15);1-5H/t6-,7-,9-;/m0./s1. The van der Waals surface area contributed by atoms with Gasteiger partial charge in [-0.15, -0.1) is 0 Å². The van der Waals surface area contributed by atoms with Crippen molar-refractivity contribution in [3.05, 3.63) is 23.8 Å². The number of allylic oxidation sites excluding steroid dienone is 2. The summed E-state index contributed by atoms with van der Waals surface area (Å²) in [6.07, 6.45) is 8.72. The SMILES string of the molecule is C1=CNSC=C1.O=C(O)CCCC[C@@H]1SC[C@@H]2NC(=O)N[C@@H]21. The predicted octanol–water partition coefficient (Wildman–Crippen LogP) is 2.06. The average molecular weight is 343 g/mol. The smallest absolute Gasteiger partial charge is 0.315 e. The van der Waals surface area contributed by atoms with Crippen LogP contribution in [0, 0.1) is 0 Å². The van der Waals surface area contributed by atoms with Crippen molar-refractivity contribution < 1.29 is 14.7 Å². The number of amides is 2. The summed E-state index contributed by atoms with van der Waals surface area (Å²) in [5, 5.41) is 16.8. The molecule has 0 unspecified atom stereocenters. The van der Waals surface area contributed by atoms with Crippen molar-refractivity contribution in [2.75, 3.05) is 5.75 Å². The Balaban J connectivity index is 0.000000246. The van der Waals surface area contributed by atoms with Crippen molar-refractivity contribution in [1.82, 2.24) is 15.4 Å². The van der Waals surface area contributed by atoms with Gasteiger partial charge in [0.15, 0.2) is 0 Å². The van der Waals surface area contributed by atoms with Crippen LogP contribution in [0.4, 0.5) is 4.79 Å². The lowest BCUT2D eigenvalue weighted by molar-refractivity contribution is -0.137. The monoisotopic (exact) mass is 343 g/mol. The zero-order valence-electron chi connectivity index (χ0n) is 12.2. The van der Waals surface area contributed by atoms with Crippen molar-refractivity contribution in [2.45, 2.75) is 43.0 Å². The highest BCUT2D eigenvalue weighted by atomic mass is 32.2. The first-order valence-electron chi connectivity index (χ1n) is 7.30. The van der Waals surface area contributed by atoms with Crippen LogP contribution in [0.25, 0.3) is 0 Å². The molecule has 2 saturated heterocycles. The van der Waals surface area contributed by atoms with Gasteiger partial charge < -0.3 is 20.5 Å². The normalized spacial score (nSPS) is 28.0. The van der Waals surface area contributed by atoms with E-state index in [9.17, 15) is 9.59 Å². The summed E-state index contributed by atoms with van der Waals surface area (Å²) in [7, 11) is 0. The van der Waals surface area contributed by atoms with Gasteiger partial charge in [0.25, 0.3) is 0 Å². The van der Waals surface area contributed by atoms with Crippen LogP contribution in [-0.4, -0.2) is 40.2 Å². The molecule has 3 rings (SSSR count). The summed E-state index contributed by atoms with van der Waals surface area (Å²) in [5.74, 6) is 0.236. The Kier molecular flexibility index (Phi) is 6.98. The molecule has 0 aromatic rings. The van der Waals surface area contributed by atoms with Crippen molar-refractivity contribution >= 4 is 35.7 Å². The molecule has 0 bridgehead atoms. The Morgan fingerprint density at radius 3 is 2.77 bits per heavy atom. The van der Waals surface area contributed by atoms with Crippen molar-refractivity contribution in [2.24, 2.45) is 0 Å². The number of fused-ring (bicyclic) bond motifs is 1. The van der Waals surface area contributed by atoms with Gasteiger partial charge in [0.05, 0.1) is 12.1 Å². The van der Waals surface area contributed by atoms with E-state index in [4.69, 9.17) is 5.11 Å². The van der Waals surface area contributed by atoms with E-state index in [0.29, 0.717) is 5.25 Å². The van der Waals surface area contributed by atoms with E-state index in [2.05, 4.69) is 15.4 Å². The fourth-order valence-electron chi connectivity index (χ4n) is 2.52. The van der Waals surface area contributed by atoms with Crippen LogP contribution >= 0.6 is 23.7 Å². The Morgan fingerprint density at radius 1 is 1.32 bits per heavy atom. The minimum Gasteiger partial charge on any atom is -0.481 e. The highest BCUT2D eigenvalue weighted by Crippen LogP contribution is 2.33. The fraction of sp³-hybridized carbons (Fsp3) is 0.571. The summed E-state index contributed by atoms with van der Waals surface area (Å²) in [4.78, 5) is 21.5. The van der Waals surface area contributed by atoms with Crippen molar-refractivity contribution in [3.8, 4) is 0 Å². The summed E-state index contributed by atoms with van der Waals surface area (Å²) >= 11 is 3.45. The highest BCUT2D eigenvalue weighted by molar-refractivity contribution is 8.00. The first kappa shape index (κ1) is 17.1. The lowest BCUT2D eigenvalue weighted by Gasteiger charge is -2.16. The molecule has 8 heteroatoms. The van der Waals surface area contributed by atoms with Gasteiger partial charge >= 0.3 is 12.0 Å². The van der Waals surface area contributed by atoms with Gasteiger partial charge in [0.1, 0.15) is 0 Å². The van der Waals surface area contributed by atoms with E-state index >= 15 is 0 Å². The van der Waals surface area contributed by atoms with Crippen LogP contribution in [-0.2, 0) is 4.79 Å². The number of nitrogens with one attached hydrogen (secondary N) is 3. The number of thioether (sulfide) groups is 1. The summed E-state index contributed by atoms with van der Waals surface area (Å²) in [6.45, 7) is 0. The maximum atomic E-state index is 11.1. The number of urea groups is 1. The van der Waals surface area contributed by atoms with E-state index in [0.717, 1.165) is 25.0 Å². The number of aliphatic carboxylic acids is 1. The van der Waals surface area contributed by atoms with Gasteiger partial charge in [-0.1, -0.05) is 12.5 Å². The Labute approximate surface area is 138 Å². The molecule has 2 fully saturated rings. The Hall–Kier alpha value is -1.28. The molecule has 2 amide bonds. The molecule has 0 saturated carbocycles. The number of hydrogen-bond donors (Lipinski definition) is 4. The van der Waals surface area contributed by atoms with Crippen LogP contribution in [0.2, 0.25) is 0 Å². The molecule has 3 heterocycles. The maximum Gasteiger partial charge on any atom is 0.315 e. The first-order chi connectivity index (χ1) is 10.7. The van der Waals surface area contributed by atoms with Crippen LogP contribution < -0.4 is 15.4 Å². The summed E-state index contributed by atoms with van der Waals surface area (Å²) < 4.78 is 2.93. The second-order valence-corrected chi connectivity index (χ2v) is 7.20. The van der Waals surface area contributed by atoms with Gasteiger partial charge in [-0.2, -0.15) is 11.8 Å². The number of carboxylic acid groups (broad SMARTS) is 1. The molecule has 0 radical (unpaired) electrons. The fourth-order valence-corrected chi connectivity index (χ4v) is 4.47. The van der Waals surface area contributed by atoms with Gasteiger partial charge in [0, 0.05) is 23.6 Å². The molecule has 0 aliphatic carbocycles. The van der Waals surface area contributed by atoms with Crippen molar-refractivity contribution in [3.63, 3.8) is 0 Å². The molecule has 0 aromatic carbocycles. The molecular formula is C14H21N3O3S2. The van der Waals surface area contributed by atoms with E-state index in [1.54, 1.807) is 11.9 Å². The molecule has 6 nitrogen and oxygen atoms in total. The summed E-state index contributed by atoms with van der Waals surface area (Å²) in [6, 6.07) is 0.440. The number of carboxylic acids is 1. The first-order valence-corrected chi connectivity index (χ1v) is 9.23. The molecule has 0 aromatic heterocycles. The highest BCUT2D eigenvalue weighted by Gasteiger charge is 2.42. The maximum absolute atomic E-state index is 11.1. The van der Waals surface area contributed by atoms with Gasteiger partial charge in [-0.05, 0) is 36.3 Å². The molecular weight excluding hydrogens is 322 g/mol.